The molecule has 3 rings (SSSR count). The fraction of sp³-hybridized carbons (Fsp3) is 0.486. The lowest BCUT2D eigenvalue weighted by Crippen LogP contribution is -2.33. The number of benzene rings is 2. The van der Waals surface area contributed by atoms with Gasteiger partial charge in [0.25, 0.3) is 0 Å². The van der Waals surface area contributed by atoms with E-state index >= 15 is 0 Å². The Kier molecular flexibility index (Phi) is 15.6. The summed E-state index contributed by atoms with van der Waals surface area (Å²) in [5, 5.41) is 0. The lowest BCUT2D eigenvalue weighted by molar-refractivity contribution is -0.206. The topological polar surface area (TPSA) is 74.7 Å². The highest BCUT2D eigenvalue weighted by atomic mass is 19.4. The number of nitrogens with zero attached hydrogens (tertiary/aromatic N) is 1. The molecule has 0 aliphatic carbocycles. The van der Waals surface area contributed by atoms with Crippen LogP contribution in [0.4, 0.5) is 13.2 Å². The molecule has 0 radical (unpaired) electrons. The zero-order valence-electron chi connectivity index (χ0n) is 27.0. The van der Waals surface area contributed by atoms with Gasteiger partial charge in [-0.3, -0.25) is 4.98 Å². The summed E-state index contributed by atoms with van der Waals surface area (Å²) in [5.74, 6) is -0.823. The second kappa shape index (κ2) is 19.6. The number of carbonyl (C=O) groups is 2. The summed E-state index contributed by atoms with van der Waals surface area (Å²) in [5.41, 5.74) is 1.69. The number of esters is 2. The van der Waals surface area contributed by atoms with E-state index < -0.39 is 24.2 Å². The van der Waals surface area contributed by atoms with Gasteiger partial charge < -0.3 is 14.2 Å². The van der Waals surface area contributed by atoms with Crippen LogP contribution in [0.15, 0.2) is 66.9 Å². The number of carbonyl (C=O) groups excluding carboxylic acids is 2. The average molecular weight is 642 g/mol. The van der Waals surface area contributed by atoms with Crippen molar-refractivity contribution in [2.45, 2.75) is 110 Å². The first kappa shape index (κ1) is 36.6. The predicted molar refractivity (Wildman–Crippen MR) is 173 cm³/mol. The van der Waals surface area contributed by atoms with Crippen LogP contribution in [0.2, 0.25) is 0 Å². The van der Waals surface area contributed by atoms with Crippen LogP contribution in [0.5, 0.6) is 11.5 Å². The molecule has 6 nitrogen and oxygen atoms in total. The largest absolute Gasteiger partial charge is 0.494 e. The molecule has 9 heteroatoms. The second-order valence-corrected chi connectivity index (χ2v) is 11.5. The maximum absolute atomic E-state index is 13.4. The van der Waals surface area contributed by atoms with Crippen molar-refractivity contribution in [3.63, 3.8) is 0 Å². The first-order valence-electron chi connectivity index (χ1n) is 16.5. The van der Waals surface area contributed by atoms with Gasteiger partial charge in [-0.2, -0.15) is 13.2 Å². The van der Waals surface area contributed by atoms with E-state index in [0.29, 0.717) is 25.1 Å². The highest BCUT2D eigenvalue weighted by molar-refractivity contribution is 5.92. The molecular formula is C37H46F3NO5. The maximum atomic E-state index is 13.4. The summed E-state index contributed by atoms with van der Waals surface area (Å²) >= 11 is 0. The Morgan fingerprint density at radius 3 is 1.83 bits per heavy atom. The molecule has 0 bridgehead atoms. The third-order valence-corrected chi connectivity index (χ3v) is 7.65. The number of unbranched alkanes of at least 4 members (excludes halogenated alkanes) is 10. The summed E-state index contributed by atoms with van der Waals surface area (Å²) < 4.78 is 56.1. The van der Waals surface area contributed by atoms with Gasteiger partial charge in [0, 0.05) is 11.8 Å². The van der Waals surface area contributed by atoms with Gasteiger partial charge in [-0.15, -0.1) is 0 Å². The van der Waals surface area contributed by atoms with Gasteiger partial charge >= 0.3 is 18.1 Å². The fourth-order valence-corrected chi connectivity index (χ4v) is 4.90. The highest BCUT2D eigenvalue weighted by Gasteiger charge is 2.42. The van der Waals surface area contributed by atoms with Gasteiger partial charge in [-0.25, -0.2) is 9.59 Å². The SMILES string of the molecule is CCCCCCCCCCOc1ccc(-c2ccc(C(=O)Oc3ccc(C(=O)OC(CCCCCC)C(F)(F)F)cc3)cn2)cc1. The van der Waals surface area contributed by atoms with Crippen molar-refractivity contribution < 1.29 is 37.0 Å². The number of hydrogen-bond donors (Lipinski definition) is 0. The van der Waals surface area contributed by atoms with Crippen LogP contribution in [0.3, 0.4) is 0 Å². The Balaban J connectivity index is 1.45. The van der Waals surface area contributed by atoms with E-state index in [0.717, 1.165) is 30.6 Å². The number of rotatable bonds is 20. The molecule has 1 heterocycles. The third-order valence-electron chi connectivity index (χ3n) is 7.65. The summed E-state index contributed by atoms with van der Waals surface area (Å²) in [6.45, 7) is 4.88. The molecule has 46 heavy (non-hydrogen) atoms. The van der Waals surface area contributed by atoms with E-state index in [2.05, 4.69) is 11.9 Å². The highest BCUT2D eigenvalue weighted by Crippen LogP contribution is 2.28. The zero-order chi connectivity index (χ0) is 33.2. The standard InChI is InChI=1S/C37H46F3NO5/c1-3-5-7-9-10-11-12-14-26-44-31-21-16-28(17-22-31)33-25-20-30(27-41-33)36(43)45-32-23-18-29(19-24-32)35(42)46-34(37(38,39)40)15-13-8-6-4-2/h16-25,27,34H,3-15,26H2,1-2H3. The van der Waals surface area contributed by atoms with Crippen LogP contribution in [0, 0.1) is 0 Å². The van der Waals surface area contributed by atoms with E-state index in [-0.39, 0.29) is 23.3 Å². The maximum Gasteiger partial charge on any atom is 0.425 e. The minimum absolute atomic E-state index is 0.0711. The van der Waals surface area contributed by atoms with Crippen LogP contribution in [-0.4, -0.2) is 35.8 Å². The van der Waals surface area contributed by atoms with Crippen molar-refractivity contribution in [1.82, 2.24) is 4.98 Å². The Labute approximate surface area is 270 Å². The van der Waals surface area contributed by atoms with Crippen molar-refractivity contribution in [3.8, 4) is 22.8 Å². The molecule has 1 atom stereocenters. The summed E-state index contributed by atoms with van der Waals surface area (Å²) in [4.78, 5) is 29.4. The van der Waals surface area contributed by atoms with Crippen LogP contribution < -0.4 is 9.47 Å². The van der Waals surface area contributed by atoms with Crippen LogP contribution in [0.1, 0.15) is 118 Å². The summed E-state index contributed by atoms with van der Waals surface area (Å²) in [6, 6.07) is 16.1. The molecule has 0 saturated heterocycles. The third kappa shape index (κ3) is 12.9. The molecular weight excluding hydrogens is 595 g/mol. The van der Waals surface area contributed by atoms with Crippen LogP contribution >= 0.6 is 0 Å². The number of hydrogen-bond acceptors (Lipinski definition) is 6. The fourth-order valence-electron chi connectivity index (χ4n) is 4.90. The molecule has 0 aliphatic heterocycles. The van der Waals surface area contributed by atoms with Gasteiger partial charge in [0.15, 0.2) is 6.10 Å². The number of halogens is 3. The Morgan fingerprint density at radius 2 is 1.24 bits per heavy atom. The molecule has 0 spiro atoms. The molecule has 0 N–H and O–H groups in total. The Hall–Kier alpha value is -3.88. The van der Waals surface area contributed by atoms with Crippen molar-refractivity contribution in [2.75, 3.05) is 6.61 Å². The normalized spacial score (nSPS) is 12.0. The Morgan fingerprint density at radius 1 is 0.674 bits per heavy atom. The smallest absolute Gasteiger partial charge is 0.425 e. The molecule has 0 aliphatic rings. The lowest BCUT2D eigenvalue weighted by atomic mass is 10.1. The Bertz CT molecular complexity index is 1310. The van der Waals surface area contributed by atoms with E-state index in [9.17, 15) is 22.8 Å². The van der Waals surface area contributed by atoms with E-state index in [1.54, 1.807) is 12.1 Å². The first-order chi connectivity index (χ1) is 22.2. The van der Waals surface area contributed by atoms with E-state index in [1.165, 1.54) is 75.4 Å². The van der Waals surface area contributed by atoms with E-state index in [4.69, 9.17) is 14.2 Å². The van der Waals surface area contributed by atoms with Gasteiger partial charge in [-0.1, -0.05) is 78.1 Å². The first-order valence-corrected chi connectivity index (χ1v) is 16.5. The minimum Gasteiger partial charge on any atom is -0.494 e. The zero-order valence-corrected chi connectivity index (χ0v) is 27.0. The van der Waals surface area contributed by atoms with E-state index in [1.807, 2.05) is 31.2 Å². The van der Waals surface area contributed by atoms with Crippen LogP contribution in [-0.2, 0) is 4.74 Å². The molecule has 0 fully saturated rings. The quantitative estimate of drug-likeness (QED) is 0.0694. The molecule has 2 aromatic carbocycles. The molecule has 1 unspecified atom stereocenters. The summed E-state index contributed by atoms with van der Waals surface area (Å²) in [7, 11) is 0. The summed E-state index contributed by atoms with van der Waals surface area (Å²) in [6.07, 6.45) is 6.97. The van der Waals surface area contributed by atoms with Crippen molar-refractivity contribution in [2.24, 2.45) is 0 Å². The van der Waals surface area contributed by atoms with Gasteiger partial charge in [-0.05, 0) is 79.9 Å². The molecule has 0 saturated carbocycles. The minimum atomic E-state index is -4.65. The van der Waals surface area contributed by atoms with Crippen molar-refractivity contribution in [1.29, 1.82) is 0 Å². The number of pyridine rings is 1. The average Bonchev–Trinajstić information content (AvgIpc) is 3.05. The van der Waals surface area contributed by atoms with Gasteiger partial charge in [0.2, 0.25) is 0 Å². The molecule has 250 valence electrons. The number of alkyl halides is 3. The molecule has 1 aromatic heterocycles. The monoisotopic (exact) mass is 641 g/mol. The molecule has 3 aromatic rings. The lowest BCUT2D eigenvalue weighted by Gasteiger charge is -2.20. The van der Waals surface area contributed by atoms with Gasteiger partial charge in [0.1, 0.15) is 11.5 Å². The number of aromatic nitrogens is 1. The van der Waals surface area contributed by atoms with Gasteiger partial charge in [0.05, 0.1) is 23.4 Å². The van der Waals surface area contributed by atoms with Crippen LogP contribution in [0.25, 0.3) is 11.3 Å². The number of ether oxygens (including phenoxy) is 3. The van der Waals surface area contributed by atoms with Crippen molar-refractivity contribution in [3.05, 3.63) is 78.0 Å². The second-order valence-electron chi connectivity index (χ2n) is 11.5. The predicted octanol–water partition coefficient (Wildman–Crippen LogP) is 10.5. The van der Waals surface area contributed by atoms with Crippen molar-refractivity contribution >= 4 is 11.9 Å². The molecule has 0 amide bonds.